The Labute approximate surface area is 116 Å². The zero-order valence-corrected chi connectivity index (χ0v) is 11.1. The number of carboxylic acid groups (broad SMARTS) is 1. The fourth-order valence-corrected chi connectivity index (χ4v) is 2.61. The Morgan fingerprint density at radius 1 is 1.35 bits per heavy atom. The lowest BCUT2D eigenvalue weighted by molar-refractivity contribution is 0.0696. The molecular formula is C16H14N2O2. The molecule has 0 amide bonds. The van der Waals surface area contributed by atoms with Crippen molar-refractivity contribution in [3.05, 3.63) is 52.6 Å². The summed E-state index contributed by atoms with van der Waals surface area (Å²) in [4.78, 5) is 18.2. The van der Waals surface area contributed by atoms with Gasteiger partial charge in [-0.2, -0.15) is 0 Å². The van der Waals surface area contributed by atoms with E-state index in [1.54, 1.807) is 12.1 Å². The molecule has 0 spiro atoms. The standard InChI is InChI=1S/C16H14N2O2/c1-9-13(10-5-7-12(17-2)8-6-10)14(16(19)20)15(18-9)11-3-4-11/h5-8,11,18H,3-4H2,1H3,(H,19,20). The number of rotatable bonds is 3. The fourth-order valence-electron chi connectivity index (χ4n) is 2.61. The normalized spacial score (nSPS) is 14.0. The van der Waals surface area contributed by atoms with Crippen molar-refractivity contribution in [1.29, 1.82) is 0 Å². The number of H-pyrrole nitrogens is 1. The average molecular weight is 266 g/mol. The second-order valence-electron chi connectivity index (χ2n) is 5.15. The topological polar surface area (TPSA) is 57.5 Å². The van der Waals surface area contributed by atoms with Crippen LogP contribution in [0.25, 0.3) is 16.0 Å². The van der Waals surface area contributed by atoms with Gasteiger partial charge in [0, 0.05) is 17.0 Å². The zero-order valence-electron chi connectivity index (χ0n) is 11.1. The Hall–Kier alpha value is -2.54. The lowest BCUT2D eigenvalue weighted by Crippen LogP contribution is -2.01. The average Bonchev–Trinajstić information content (AvgIpc) is 3.22. The highest BCUT2D eigenvalue weighted by atomic mass is 16.4. The summed E-state index contributed by atoms with van der Waals surface area (Å²) in [7, 11) is 0. The van der Waals surface area contributed by atoms with Crippen molar-refractivity contribution in [3.8, 4) is 11.1 Å². The summed E-state index contributed by atoms with van der Waals surface area (Å²) in [6.07, 6.45) is 2.10. The highest BCUT2D eigenvalue weighted by molar-refractivity contribution is 5.99. The van der Waals surface area contributed by atoms with E-state index in [4.69, 9.17) is 6.57 Å². The first-order valence-corrected chi connectivity index (χ1v) is 6.55. The first kappa shape index (κ1) is 12.5. The number of aromatic carboxylic acids is 1. The monoisotopic (exact) mass is 266 g/mol. The van der Waals surface area contributed by atoms with Gasteiger partial charge in [0.15, 0.2) is 5.69 Å². The Bertz CT molecular complexity index is 716. The lowest BCUT2D eigenvalue weighted by atomic mass is 9.99. The number of aromatic amines is 1. The number of hydrogen-bond donors (Lipinski definition) is 2. The molecule has 2 aromatic rings. The number of aryl methyl sites for hydroxylation is 1. The molecule has 0 aliphatic heterocycles. The quantitative estimate of drug-likeness (QED) is 0.821. The molecule has 1 aromatic carbocycles. The molecule has 0 atom stereocenters. The predicted molar refractivity (Wildman–Crippen MR) is 76.2 cm³/mol. The minimum atomic E-state index is -0.888. The van der Waals surface area contributed by atoms with E-state index in [2.05, 4.69) is 9.83 Å². The molecule has 1 aromatic heterocycles. The van der Waals surface area contributed by atoms with Gasteiger partial charge in [0.05, 0.1) is 12.1 Å². The number of carboxylic acids is 1. The fraction of sp³-hybridized carbons (Fsp3) is 0.250. The smallest absolute Gasteiger partial charge is 0.338 e. The molecule has 1 saturated carbocycles. The molecule has 4 heteroatoms. The number of aromatic nitrogens is 1. The van der Waals surface area contributed by atoms with Crippen LogP contribution >= 0.6 is 0 Å². The van der Waals surface area contributed by atoms with E-state index >= 15 is 0 Å². The van der Waals surface area contributed by atoms with Gasteiger partial charge in [-0.3, -0.25) is 0 Å². The molecule has 3 rings (SSSR count). The van der Waals surface area contributed by atoms with Gasteiger partial charge in [-0.15, -0.1) is 0 Å². The van der Waals surface area contributed by atoms with Gasteiger partial charge in [-0.25, -0.2) is 9.64 Å². The summed E-state index contributed by atoms with van der Waals surface area (Å²) in [6.45, 7) is 8.86. The first-order valence-electron chi connectivity index (χ1n) is 6.55. The van der Waals surface area contributed by atoms with Gasteiger partial charge in [0.25, 0.3) is 0 Å². The maximum Gasteiger partial charge on any atom is 0.338 e. The van der Waals surface area contributed by atoms with Crippen LogP contribution in [-0.4, -0.2) is 16.1 Å². The van der Waals surface area contributed by atoms with Gasteiger partial charge < -0.3 is 10.1 Å². The van der Waals surface area contributed by atoms with Gasteiger partial charge in [0.2, 0.25) is 0 Å². The van der Waals surface area contributed by atoms with Crippen LogP contribution in [0.2, 0.25) is 0 Å². The highest BCUT2D eigenvalue weighted by Gasteiger charge is 2.32. The minimum Gasteiger partial charge on any atom is -0.478 e. The molecule has 0 saturated heterocycles. The molecule has 4 nitrogen and oxygen atoms in total. The highest BCUT2D eigenvalue weighted by Crippen LogP contribution is 2.44. The third-order valence-corrected chi connectivity index (χ3v) is 3.70. The van der Waals surface area contributed by atoms with Crippen LogP contribution in [0.5, 0.6) is 0 Å². The van der Waals surface area contributed by atoms with Crippen LogP contribution in [-0.2, 0) is 0 Å². The Balaban J connectivity index is 2.16. The van der Waals surface area contributed by atoms with Crippen molar-refractivity contribution in [2.24, 2.45) is 0 Å². The molecule has 20 heavy (non-hydrogen) atoms. The second-order valence-corrected chi connectivity index (χ2v) is 5.15. The second kappa shape index (κ2) is 4.53. The van der Waals surface area contributed by atoms with Crippen molar-refractivity contribution in [3.63, 3.8) is 0 Å². The van der Waals surface area contributed by atoms with Crippen LogP contribution in [0, 0.1) is 13.5 Å². The van der Waals surface area contributed by atoms with Crippen molar-refractivity contribution in [1.82, 2.24) is 4.98 Å². The number of nitrogens with zero attached hydrogens (tertiary/aromatic N) is 1. The van der Waals surface area contributed by atoms with E-state index in [1.165, 1.54) is 0 Å². The maximum atomic E-state index is 11.6. The van der Waals surface area contributed by atoms with E-state index in [-0.39, 0.29) is 0 Å². The van der Waals surface area contributed by atoms with Gasteiger partial charge in [-0.05, 0) is 31.2 Å². The molecule has 100 valence electrons. The van der Waals surface area contributed by atoms with Gasteiger partial charge in [0.1, 0.15) is 0 Å². The summed E-state index contributed by atoms with van der Waals surface area (Å²) in [6, 6.07) is 7.06. The summed E-state index contributed by atoms with van der Waals surface area (Å²) in [5.41, 5.74) is 4.26. The zero-order chi connectivity index (χ0) is 14.3. The summed E-state index contributed by atoms with van der Waals surface area (Å²) < 4.78 is 0. The Kier molecular flexibility index (Phi) is 2.83. The summed E-state index contributed by atoms with van der Waals surface area (Å²) in [5.74, 6) is -0.531. The molecule has 0 bridgehead atoms. The number of carbonyl (C=O) groups is 1. The van der Waals surface area contributed by atoms with Crippen LogP contribution < -0.4 is 0 Å². The Morgan fingerprint density at radius 2 is 2.00 bits per heavy atom. The largest absolute Gasteiger partial charge is 0.478 e. The van der Waals surface area contributed by atoms with E-state index in [9.17, 15) is 9.90 Å². The van der Waals surface area contributed by atoms with Crippen molar-refractivity contribution < 1.29 is 9.90 Å². The van der Waals surface area contributed by atoms with E-state index in [1.807, 2.05) is 19.1 Å². The number of nitrogens with one attached hydrogen (secondary N) is 1. The molecule has 1 fully saturated rings. The first-order chi connectivity index (χ1) is 9.61. The van der Waals surface area contributed by atoms with Crippen molar-refractivity contribution in [2.75, 3.05) is 0 Å². The SMILES string of the molecule is [C-]#[N+]c1ccc(-c2c(C)[nH]c(C3CC3)c2C(=O)O)cc1. The van der Waals surface area contributed by atoms with E-state index < -0.39 is 5.97 Å². The molecular weight excluding hydrogens is 252 g/mol. The molecule has 1 aliphatic rings. The van der Waals surface area contributed by atoms with Gasteiger partial charge in [-0.1, -0.05) is 24.3 Å². The molecule has 0 unspecified atom stereocenters. The van der Waals surface area contributed by atoms with Crippen LogP contribution in [0.4, 0.5) is 5.69 Å². The molecule has 2 N–H and O–H groups in total. The number of benzene rings is 1. The minimum absolute atomic E-state index is 0.357. The van der Waals surface area contributed by atoms with Crippen LogP contribution in [0.15, 0.2) is 24.3 Å². The third kappa shape index (κ3) is 1.97. The predicted octanol–water partition coefficient (Wildman–Crippen LogP) is 4.12. The number of hydrogen-bond acceptors (Lipinski definition) is 1. The van der Waals surface area contributed by atoms with Crippen molar-refractivity contribution in [2.45, 2.75) is 25.7 Å². The maximum absolute atomic E-state index is 11.6. The lowest BCUT2D eigenvalue weighted by Gasteiger charge is -2.04. The van der Waals surface area contributed by atoms with E-state index in [0.717, 1.165) is 35.4 Å². The molecule has 1 aliphatic carbocycles. The molecule has 0 radical (unpaired) electrons. The van der Waals surface area contributed by atoms with Gasteiger partial charge >= 0.3 is 5.97 Å². The molecule has 1 heterocycles. The van der Waals surface area contributed by atoms with Crippen LogP contribution in [0.1, 0.15) is 40.5 Å². The summed E-state index contributed by atoms with van der Waals surface area (Å²) in [5, 5.41) is 9.53. The Morgan fingerprint density at radius 3 is 2.50 bits per heavy atom. The summed E-state index contributed by atoms with van der Waals surface area (Å²) >= 11 is 0. The van der Waals surface area contributed by atoms with E-state index in [0.29, 0.717) is 17.2 Å². The van der Waals surface area contributed by atoms with Crippen LogP contribution in [0.3, 0.4) is 0 Å². The van der Waals surface area contributed by atoms with Crippen molar-refractivity contribution >= 4 is 11.7 Å². The third-order valence-electron chi connectivity index (χ3n) is 3.70.